The molecule has 162 valence electrons. The zero-order chi connectivity index (χ0) is 21.4. The maximum absolute atomic E-state index is 10.7. The molecule has 31 heavy (non-hydrogen) atoms. The van der Waals surface area contributed by atoms with Crippen LogP contribution in [0.1, 0.15) is 35.6 Å². The summed E-state index contributed by atoms with van der Waals surface area (Å²) in [4.78, 5) is 16.6. The molecular formula is C25H28N2O4. The van der Waals surface area contributed by atoms with Gasteiger partial charge in [-0.05, 0) is 61.7 Å². The topological polar surface area (TPSA) is 63.8 Å². The lowest BCUT2D eigenvalue weighted by atomic mass is 9.72. The van der Waals surface area contributed by atoms with Gasteiger partial charge in [0.2, 0.25) is 0 Å². The number of hydrogen-bond donors (Lipinski definition) is 1. The molecule has 5 rings (SSSR count). The molecule has 1 spiro atoms. The average molecular weight is 421 g/mol. The molecular weight excluding hydrogens is 392 g/mol. The van der Waals surface area contributed by atoms with Crippen molar-refractivity contribution in [1.29, 1.82) is 0 Å². The number of nitrogens with one attached hydrogen (secondary N) is 1. The van der Waals surface area contributed by atoms with Gasteiger partial charge in [-0.3, -0.25) is 9.69 Å². The molecule has 3 heterocycles. The fourth-order valence-electron chi connectivity index (χ4n) is 5.16. The predicted octanol–water partition coefficient (Wildman–Crippen LogP) is 4.37. The molecule has 0 aliphatic carbocycles. The van der Waals surface area contributed by atoms with E-state index in [2.05, 4.69) is 41.1 Å². The number of methoxy groups -OCH3 is 1. The summed E-state index contributed by atoms with van der Waals surface area (Å²) in [6.07, 6.45) is 4.20. The first-order valence-electron chi connectivity index (χ1n) is 10.8. The van der Waals surface area contributed by atoms with Crippen molar-refractivity contribution in [2.75, 3.05) is 26.9 Å². The minimum Gasteiger partial charge on any atom is -0.496 e. The summed E-state index contributed by atoms with van der Waals surface area (Å²) in [5, 5.41) is 1.22. The maximum Gasteiger partial charge on any atom is 0.298 e. The second kappa shape index (κ2) is 8.02. The first kappa shape index (κ1) is 20.1. The highest BCUT2D eigenvalue weighted by atomic mass is 16.5. The van der Waals surface area contributed by atoms with E-state index in [0.717, 1.165) is 44.9 Å². The van der Waals surface area contributed by atoms with E-state index < -0.39 is 0 Å². The van der Waals surface area contributed by atoms with E-state index in [1.807, 2.05) is 18.3 Å². The smallest absolute Gasteiger partial charge is 0.298 e. The van der Waals surface area contributed by atoms with Gasteiger partial charge in [0.25, 0.3) is 6.47 Å². The molecule has 1 N–H and O–H groups in total. The molecule has 1 aromatic heterocycles. The lowest BCUT2D eigenvalue weighted by molar-refractivity contribution is -0.153. The molecule has 0 saturated carbocycles. The fourth-order valence-corrected chi connectivity index (χ4v) is 5.16. The Morgan fingerprint density at radius 1 is 1.26 bits per heavy atom. The Balaban J connectivity index is 1.49. The van der Waals surface area contributed by atoms with Gasteiger partial charge in [-0.15, -0.1) is 0 Å². The van der Waals surface area contributed by atoms with E-state index in [-0.39, 0.29) is 11.5 Å². The quantitative estimate of drug-likeness (QED) is 0.600. The molecule has 0 unspecified atom stereocenters. The Labute approximate surface area is 182 Å². The van der Waals surface area contributed by atoms with Crippen LogP contribution in [0.5, 0.6) is 11.5 Å². The molecule has 2 aliphatic rings. The standard InChI is InChI=1S/C25H28N2O4/c1-17-11-23(29-2)21(20-7-9-26-24(17)20)13-27-10-8-25(14-30-15-25)12-22(27)18-3-5-19(6-4-18)31-16-28/h3-7,9,11,16,22,26H,8,10,12-15H2,1-2H3/t22-/m0/s1. The Bertz CT molecular complexity index is 1080. The zero-order valence-electron chi connectivity index (χ0n) is 18.0. The van der Waals surface area contributed by atoms with Crippen LogP contribution in [0.25, 0.3) is 10.9 Å². The number of rotatable bonds is 6. The van der Waals surface area contributed by atoms with Crippen LogP contribution in [0, 0.1) is 12.3 Å². The number of benzene rings is 2. The number of ether oxygens (including phenoxy) is 3. The van der Waals surface area contributed by atoms with Gasteiger partial charge in [-0.25, -0.2) is 0 Å². The predicted molar refractivity (Wildman–Crippen MR) is 118 cm³/mol. The van der Waals surface area contributed by atoms with Crippen molar-refractivity contribution in [3.05, 3.63) is 59.3 Å². The average Bonchev–Trinajstić information content (AvgIpc) is 3.26. The molecule has 2 aliphatic heterocycles. The highest BCUT2D eigenvalue weighted by molar-refractivity contribution is 5.88. The minimum atomic E-state index is 0.267. The summed E-state index contributed by atoms with van der Waals surface area (Å²) in [6, 6.07) is 12.4. The molecule has 2 fully saturated rings. The summed E-state index contributed by atoms with van der Waals surface area (Å²) < 4.78 is 16.4. The van der Waals surface area contributed by atoms with Gasteiger partial charge in [0.05, 0.1) is 20.3 Å². The second-order valence-electron chi connectivity index (χ2n) is 8.86. The van der Waals surface area contributed by atoms with E-state index in [0.29, 0.717) is 12.2 Å². The molecule has 0 bridgehead atoms. The van der Waals surface area contributed by atoms with Crippen LogP contribution in [0.15, 0.2) is 42.6 Å². The third-order valence-electron chi connectivity index (χ3n) is 6.95. The summed E-state index contributed by atoms with van der Waals surface area (Å²) in [6.45, 7) is 6.08. The van der Waals surface area contributed by atoms with E-state index in [4.69, 9.17) is 14.2 Å². The van der Waals surface area contributed by atoms with Gasteiger partial charge in [0.1, 0.15) is 11.5 Å². The number of H-pyrrole nitrogens is 1. The Morgan fingerprint density at radius 3 is 2.74 bits per heavy atom. The Hall–Kier alpha value is -2.83. The molecule has 6 nitrogen and oxygen atoms in total. The van der Waals surface area contributed by atoms with E-state index in [1.54, 1.807) is 7.11 Å². The number of piperidine rings is 1. The van der Waals surface area contributed by atoms with Gasteiger partial charge in [0.15, 0.2) is 0 Å². The second-order valence-corrected chi connectivity index (χ2v) is 8.86. The third kappa shape index (κ3) is 3.60. The highest BCUT2D eigenvalue weighted by Crippen LogP contribution is 2.47. The normalized spacial score (nSPS) is 20.5. The summed E-state index contributed by atoms with van der Waals surface area (Å²) >= 11 is 0. The maximum atomic E-state index is 10.7. The number of nitrogens with zero attached hydrogens (tertiary/aromatic N) is 1. The van der Waals surface area contributed by atoms with Crippen molar-refractivity contribution >= 4 is 17.4 Å². The number of hydrogen-bond acceptors (Lipinski definition) is 5. The zero-order valence-corrected chi connectivity index (χ0v) is 18.0. The monoisotopic (exact) mass is 420 g/mol. The summed E-state index contributed by atoms with van der Waals surface area (Å²) in [5.74, 6) is 1.50. The number of carbonyl (C=O) groups is 1. The van der Waals surface area contributed by atoms with Gasteiger partial charge in [0, 0.05) is 40.7 Å². The number of carbonyl (C=O) groups excluding carboxylic acids is 1. The van der Waals surface area contributed by atoms with Crippen molar-refractivity contribution in [2.45, 2.75) is 32.4 Å². The molecule has 2 aromatic carbocycles. The van der Waals surface area contributed by atoms with Crippen molar-refractivity contribution < 1.29 is 19.0 Å². The van der Waals surface area contributed by atoms with Gasteiger partial charge < -0.3 is 19.2 Å². The molecule has 0 radical (unpaired) electrons. The number of aryl methyl sites for hydroxylation is 1. The van der Waals surface area contributed by atoms with Gasteiger partial charge in [-0.1, -0.05) is 12.1 Å². The number of aromatic amines is 1. The van der Waals surface area contributed by atoms with Gasteiger partial charge in [-0.2, -0.15) is 0 Å². The van der Waals surface area contributed by atoms with Crippen molar-refractivity contribution in [3.8, 4) is 11.5 Å². The lowest BCUT2D eigenvalue weighted by Gasteiger charge is -2.51. The highest BCUT2D eigenvalue weighted by Gasteiger charge is 2.45. The SMILES string of the molecule is COc1cc(C)c2[nH]ccc2c1CN1CCC2(COC2)C[C@H]1c1ccc(OC=O)cc1. The Kier molecular flexibility index (Phi) is 5.20. The summed E-state index contributed by atoms with van der Waals surface area (Å²) in [5.41, 5.74) is 5.09. The summed E-state index contributed by atoms with van der Waals surface area (Å²) in [7, 11) is 1.75. The van der Waals surface area contributed by atoms with E-state index in [1.165, 1.54) is 27.6 Å². The number of fused-ring (bicyclic) bond motifs is 1. The minimum absolute atomic E-state index is 0.267. The molecule has 1 atom stereocenters. The van der Waals surface area contributed by atoms with E-state index >= 15 is 0 Å². The van der Waals surface area contributed by atoms with Crippen LogP contribution in [0.2, 0.25) is 0 Å². The fraction of sp³-hybridized carbons (Fsp3) is 0.400. The van der Waals surface area contributed by atoms with E-state index in [9.17, 15) is 4.79 Å². The molecule has 6 heteroatoms. The molecule has 3 aromatic rings. The first-order chi connectivity index (χ1) is 15.1. The largest absolute Gasteiger partial charge is 0.496 e. The van der Waals surface area contributed by atoms with Crippen LogP contribution < -0.4 is 9.47 Å². The first-order valence-corrected chi connectivity index (χ1v) is 10.8. The molecule has 2 saturated heterocycles. The van der Waals surface area contributed by atoms with Crippen molar-refractivity contribution in [2.24, 2.45) is 5.41 Å². The van der Waals surface area contributed by atoms with Crippen LogP contribution >= 0.6 is 0 Å². The van der Waals surface area contributed by atoms with Crippen molar-refractivity contribution in [1.82, 2.24) is 9.88 Å². The van der Waals surface area contributed by atoms with Crippen LogP contribution in [0.4, 0.5) is 0 Å². The van der Waals surface area contributed by atoms with Gasteiger partial charge >= 0.3 is 0 Å². The van der Waals surface area contributed by atoms with Crippen molar-refractivity contribution in [3.63, 3.8) is 0 Å². The third-order valence-corrected chi connectivity index (χ3v) is 6.95. The number of aromatic nitrogens is 1. The Morgan fingerprint density at radius 2 is 2.06 bits per heavy atom. The molecule has 0 amide bonds. The van der Waals surface area contributed by atoms with Crippen LogP contribution in [0.3, 0.4) is 0 Å². The number of likely N-dealkylation sites (tertiary alicyclic amines) is 1. The van der Waals surface area contributed by atoms with Crippen LogP contribution in [-0.4, -0.2) is 43.2 Å². The lowest BCUT2D eigenvalue weighted by Crippen LogP contribution is -2.51. The van der Waals surface area contributed by atoms with Crippen LogP contribution in [-0.2, 0) is 16.1 Å².